The van der Waals surface area contributed by atoms with Crippen LogP contribution in [0.5, 0.6) is 0 Å². The van der Waals surface area contributed by atoms with Crippen molar-refractivity contribution in [3.8, 4) is 0 Å². The highest BCUT2D eigenvalue weighted by Gasteiger charge is 2.30. The first-order valence-corrected chi connectivity index (χ1v) is 12.2. The molecule has 0 fully saturated rings. The summed E-state index contributed by atoms with van der Waals surface area (Å²) in [6.45, 7) is 4.20. The number of aromatic nitrogens is 1. The van der Waals surface area contributed by atoms with Crippen LogP contribution in [0.25, 0.3) is 10.8 Å². The fourth-order valence-electron chi connectivity index (χ4n) is 3.80. The number of hydrogen-bond acceptors (Lipinski definition) is 4. The molecule has 0 saturated carbocycles. The van der Waals surface area contributed by atoms with Gasteiger partial charge in [-0.3, -0.25) is 14.8 Å². The van der Waals surface area contributed by atoms with Gasteiger partial charge in [0.05, 0.1) is 10.6 Å². The first-order chi connectivity index (χ1) is 16.2. The Hall–Kier alpha value is -3.36. The molecule has 176 valence electrons. The third kappa shape index (κ3) is 5.58. The zero-order valence-electron chi connectivity index (χ0n) is 18.7. The molecule has 0 radical (unpaired) electrons. The Balaban J connectivity index is 1.51. The molecule has 3 aromatic rings. The Morgan fingerprint density at radius 1 is 1.18 bits per heavy atom. The van der Waals surface area contributed by atoms with Crippen LogP contribution in [0.4, 0.5) is 18.9 Å². The minimum absolute atomic E-state index is 0.0750. The lowest BCUT2D eigenvalue weighted by Gasteiger charge is -2.19. The minimum atomic E-state index is -4.20. The maximum absolute atomic E-state index is 12.6. The number of benzene rings is 2. The molecule has 0 spiro atoms. The number of carbonyl (C=O) groups is 1. The lowest BCUT2D eigenvalue weighted by atomic mass is 10.1. The number of hydrogen-bond donors (Lipinski definition) is 1. The summed E-state index contributed by atoms with van der Waals surface area (Å²) in [5.41, 5.74) is 2.50. The molecule has 1 aromatic heterocycles. The molecule has 0 N–H and O–H groups in total. The normalized spacial score (nSPS) is 16.7. The van der Waals surface area contributed by atoms with Crippen molar-refractivity contribution in [3.05, 3.63) is 65.5 Å². The lowest BCUT2D eigenvalue weighted by molar-refractivity contribution is -0.132. The van der Waals surface area contributed by atoms with Crippen molar-refractivity contribution in [1.82, 2.24) is 9.90 Å². The van der Waals surface area contributed by atoms with Crippen LogP contribution in [0, 0.1) is 13.8 Å². The second-order valence-electron chi connectivity index (χ2n) is 7.98. The predicted molar refractivity (Wildman–Crippen MR) is 128 cm³/mol. The number of alkyl halides is 3. The summed E-state index contributed by atoms with van der Waals surface area (Å²) in [4.78, 5) is 25.9. The van der Waals surface area contributed by atoms with Crippen LogP contribution in [0.2, 0.25) is 0 Å². The summed E-state index contributed by atoms with van der Waals surface area (Å²) < 4.78 is 37.9. The lowest BCUT2D eigenvalue weighted by Crippen LogP contribution is -2.10. The molecular weight excluding hydrogens is 463 g/mol. The van der Waals surface area contributed by atoms with Gasteiger partial charge in [-0.25, -0.2) is 0 Å². The number of aliphatic imine (C=N–C) groups is 1. The van der Waals surface area contributed by atoms with Crippen molar-refractivity contribution >= 4 is 38.3 Å². The number of amides is 1. The molecule has 1 amide bonds. The van der Waals surface area contributed by atoms with Gasteiger partial charge in [0.1, 0.15) is 0 Å². The molecule has 1 atom stereocenters. The minimum Gasteiger partial charge on any atom is -0.284 e. The Morgan fingerprint density at radius 3 is 2.76 bits per heavy atom. The van der Waals surface area contributed by atoms with E-state index in [1.54, 1.807) is 31.3 Å². The topological polar surface area (TPSA) is 81.1 Å². The molecular formula is C24H23F3N5OS+. The number of carbonyl (C=O) groups excluding carboxylic acids is 1. The molecule has 0 bridgehead atoms. The van der Waals surface area contributed by atoms with Gasteiger partial charge in [0, 0.05) is 47.8 Å². The molecule has 2 aromatic carbocycles. The number of pyridine rings is 1. The van der Waals surface area contributed by atoms with Crippen LogP contribution in [-0.2, 0) is 0 Å². The van der Waals surface area contributed by atoms with Crippen LogP contribution >= 0.6 is 10.9 Å². The van der Waals surface area contributed by atoms with Gasteiger partial charge >= 0.3 is 12.1 Å². The molecule has 0 aliphatic carbocycles. The molecule has 6 nitrogen and oxygen atoms in total. The van der Waals surface area contributed by atoms with Crippen LogP contribution in [0.3, 0.4) is 0 Å². The molecule has 34 heavy (non-hydrogen) atoms. The number of thiol groups is 1. The zero-order chi connectivity index (χ0) is 24.3. The Bertz CT molecular complexity index is 1350. The highest BCUT2D eigenvalue weighted by atomic mass is 32.2. The fourth-order valence-corrected chi connectivity index (χ4v) is 6.18. The third-order valence-corrected chi connectivity index (χ3v) is 8.02. The molecule has 2 heterocycles. The van der Waals surface area contributed by atoms with Gasteiger partial charge in [0.2, 0.25) is 10.0 Å². The third-order valence-electron chi connectivity index (χ3n) is 5.48. The van der Waals surface area contributed by atoms with E-state index in [1.807, 2.05) is 31.2 Å². The predicted octanol–water partition coefficient (Wildman–Crippen LogP) is 6.41. The van der Waals surface area contributed by atoms with Gasteiger partial charge in [-0.1, -0.05) is 12.1 Å². The highest BCUT2D eigenvalue weighted by Crippen LogP contribution is 2.44. The van der Waals surface area contributed by atoms with E-state index in [0.29, 0.717) is 28.4 Å². The zero-order valence-corrected chi connectivity index (χ0v) is 19.6. The van der Waals surface area contributed by atoms with Gasteiger partial charge in [-0.2, -0.15) is 24.1 Å². The standard InChI is InChI=1S/C24H23F3N5OS/c1-15-12-18(34-11-10-28-22(34)8-9-24(25,26)27)6-7-19(15)23(33)31-32-30-21-5-3-4-17-14-29-16(2)13-20(17)21/h3-7,12-14,34H,8-11H2,1-2H3/q+1. The number of rotatable bonds is 5. The van der Waals surface area contributed by atoms with Crippen molar-refractivity contribution in [2.24, 2.45) is 15.2 Å². The van der Waals surface area contributed by atoms with Crippen molar-refractivity contribution in [3.63, 3.8) is 0 Å². The van der Waals surface area contributed by atoms with Crippen LogP contribution in [0.15, 0.2) is 68.8 Å². The molecule has 10 heteroatoms. The first-order valence-electron chi connectivity index (χ1n) is 10.7. The maximum atomic E-state index is 12.6. The molecule has 1 aliphatic rings. The summed E-state index contributed by atoms with van der Waals surface area (Å²) in [7, 11) is -0.905. The average molecular weight is 487 g/mol. The Kier molecular flexibility index (Phi) is 6.90. The van der Waals surface area contributed by atoms with E-state index in [4.69, 9.17) is 0 Å². The fraction of sp³-hybridized carbons (Fsp3) is 0.292. The second kappa shape index (κ2) is 9.87. The SMILES string of the molecule is Cc1cc2c(N=[N+]=NC(=O)c3ccc([SH]4CCN=C4CCC(F)(F)F)cc3C)cccc2cn1. The van der Waals surface area contributed by atoms with Crippen LogP contribution < -0.4 is 4.91 Å². The van der Waals surface area contributed by atoms with Crippen molar-refractivity contribution in [1.29, 1.82) is 0 Å². The van der Waals surface area contributed by atoms with E-state index in [-0.39, 0.29) is 6.42 Å². The molecule has 0 saturated heterocycles. The number of halogens is 3. The van der Waals surface area contributed by atoms with Gasteiger partial charge in [-0.15, -0.1) is 0 Å². The highest BCUT2D eigenvalue weighted by molar-refractivity contribution is 8.30. The second-order valence-corrected chi connectivity index (χ2v) is 10.3. The van der Waals surface area contributed by atoms with E-state index >= 15 is 0 Å². The summed E-state index contributed by atoms with van der Waals surface area (Å²) >= 11 is 0. The van der Waals surface area contributed by atoms with Crippen molar-refractivity contribution in [2.45, 2.75) is 37.8 Å². The summed E-state index contributed by atoms with van der Waals surface area (Å²) in [5, 5.41) is 10.2. The smallest absolute Gasteiger partial charge is 0.284 e. The summed E-state index contributed by atoms with van der Waals surface area (Å²) in [5.74, 6) is 0.199. The van der Waals surface area contributed by atoms with E-state index in [9.17, 15) is 18.0 Å². The van der Waals surface area contributed by atoms with Crippen LogP contribution in [-0.4, -0.2) is 34.4 Å². The summed E-state index contributed by atoms with van der Waals surface area (Å²) in [6.07, 6.45) is -3.39. The van der Waals surface area contributed by atoms with Gasteiger partial charge < -0.3 is 0 Å². The molecule has 1 unspecified atom stereocenters. The molecule has 1 aliphatic heterocycles. The van der Waals surface area contributed by atoms with Gasteiger partial charge in [-0.05, 0) is 54.6 Å². The monoisotopic (exact) mass is 486 g/mol. The summed E-state index contributed by atoms with van der Waals surface area (Å²) in [6, 6.07) is 12.7. The number of nitrogens with zero attached hydrogens (tertiary/aromatic N) is 5. The van der Waals surface area contributed by atoms with E-state index in [1.165, 1.54) is 0 Å². The van der Waals surface area contributed by atoms with Gasteiger partial charge in [0.25, 0.3) is 0 Å². The number of aryl methyl sites for hydroxylation is 2. The van der Waals surface area contributed by atoms with E-state index < -0.39 is 29.4 Å². The Morgan fingerprint density at radius 2 is 2.00 bits per heavy atom. The average Bonchev–Trinajstić information content (AvgIpc) is 3.26. The molecule has 4 rings (SSSR count). The van der Waals surface area contributed by atoms with Crippen LogP contribution in [0.1, 0.15) is 34.5 Å². The van der Waals surface area contributed by atoms with Crippen molar-refractivity contribution in [2.75, 3.05) is 12.3 Å². The first kappa shape index (κ1) is 23.8. The van der Waals surface area contributed by atoms with E-state index in [0.717, 1.165) is 27.1 Å². The quantitative estimate of drug-likeness (QED) is 0.257. The van der Waals surface area contributed by atoms with Gasteiger partial charge in [0.15, 0.2) is 10.8 Å². The van der Waals surface area contributed by atoms with E-state index in [2.05, 4.69) is 25.1 Å². The largest absolute Gasteiger partial charge is 0.389 e. The number of fused-ring (bicyclic) bond motifs is 1. The maximum Gasteiger partial charge on any atom is 0.389 e. The van der Waals surface area contributed by atoms with Crippen molar-refractivity contribution < 1.29 is 18.0 Å². The Labute approximate surface area is 197 Å².